The summed E-state index contributed by atoms with van der Waals surface area (Å²) in [6, 6.07) is 14.9. The zero-order valence-electron chi connectivity index (χ0n) is 22.0. The maximum atomic E-state index is 15.4. The fourth-order valence-electron chi connectivity index (χ4n) is 4.74. The number of carboxylic acids is 1. The van der Waals surface area contributed by atoms with Crippen molar-refractivity contribution in [2.45, 2.75) is 32.1 Å². The summed E-state index contributed by atoms with van der Waals surface area (Å²) in [4.78, 5) is 33.0. The van der Waals surface area contributed by atoms with Gasteiger partial charge in [-0.05, 0) is 60.5 Å². The average Bonchev–Trinajstić information content (AvgIpc) is 3.56. The summed E-state index contributed by atoms with van der Waals surface area (Å²) in [5.74, 6) is -2.22. The second-order valence-electron chi connectivity index (χ2n) is 9.81. The van der Waals surface area contributed by atoms with Crippen LogP contribution in [0.25, 0.3) is 22.3 Å². The van der Waals surface area contributed by atoms with Crippen LogP contribution in [0.5, 0.6) is 5.88 Å². The third-order valence-electron chi connectivity index (χ3n) is 7.00. The van der Waals surface area contributed by atoms with Crippen molar-refractivity contribution in [2.24, 2.45) is 5.73 Å². The smallest absolute Gasteiger partial charge is 0.335 e. The maximum Gasteiger partial charge on any atom is 0.335 e. The van der Waals surface area contributed by atoms with E-state index in [0.717, 1.165) is 23.4 Å². The molecule has 214 valence electrons. The molecule has 42 heavy (non-hydrogen) atoms. The molecule has 5 aromatic rings. The Balaban J connectivity index is 1.26. The number of halogens is 2. The molecule has 3 aromatic heterocycles. The number of imidazole rings is 1. The van der Waals surface area contributed by atoms with E-state index in [1.54, 1.807) is 36.4 Å². The highest BCUT2D eigenvalue weighted by Gasteiger charge is 2.24. The van der Waals surface area contributed by atoms with Crippen molar-refractivity contribution in [1.29, 1.82) is 0 Å². The SMILES string of the molecule is NC(=O)c1ccc(COc2cccc(-c3cc(F)c(Cc4nc5ccc(C(=O)O)cc5n4CC4CCO4)cc3F)n2)s1. The lowest BCUT2D eigenvalue weighted by molar-refractivity contribution is -0.0589. The van der Waals surface area contributed by atoms with Crippen LogP contribution in [0.4, 0.5) is 8.78 Å². The quantitative estimate of drug-likeness (QED) is 0.229. The maximum absolute atomic E-state index is 15.4. The first-order chi connectivity index (χ1) is 20.2. The molecule has 6 rings (SSSR count). The van der Waals surface area contributed by atoms with Crippen molar-refractivity contribution in [1.82, 2.24) is 14.5 Å². The third-order valence-corrected chi connectivity index (χ3v) is 8.08. The second-order valence-corrected chi connectivity index (χ2v) is 11.0. The number of amides is 1. The highest BCUT2D eigenvalue weighted by molar-refractivity contribution is 7.14. The van der Waals surface area contributed by atoms with Crippen LogP contribution < -0.4 is 10.5 Å². The Hall–Kier alpha value is -4.68. The number of aromatic carboxylic acids is 1. The monoisotopic (exact) mass is 590 g/mol. The Bertz CT molecular complexity index is 1830. The summed E-state index contributed by atoms with van der Waals surface area (Å²) in [6.07, 6.45) is 0.758. The normalized spacial score (nSPS) is 14.6. The molecule has 0 radical (unpaired) electrons. The molecular formula is C30H24F2N4O5S. The first-order valence-corrected chi connectivity index (χ1v) is 13.9. The average molecular weight is 591 g/mol. The lowest BCUT2D eigenvalue weighted by atomic mass is 10.0. The third kappa shape index (κ3) is 5.58. The molecule has 9 nitrogen and oxygen atoms in total. The molecule has 2 aromatic carbocycles. The number of aromatic nitrogens is 3. The Morgan fingerprint density at radius 3 is 2.64 bits per heavy atom. The van der Waals surface area contributed by atoms with E-state index < -0.39 is 23.5 Å². The Morgan fingerprint density at radius 2 is 1.93 bits per heavy atom. The number of benzene rings is 2. The fraction of sp³-hybridized carbons (Fsp3) is 0.200. The van der Waals surface area contributed by atoms with E-state index in [1.165, 1.54) is 23.5 Å². The van der Waals surface area contributed by atoms with Crippen LogP contribution in [-0.4, -0.2) is 44.2 Å². The molecule has 0 bridgehead atoms. The van der Waals surface area contributed by atoms with E-state index in [0.29, 0.717) is 34.9 Å². The standard InChI is InChI=1S/C30H24F2N4O5S/c31-21-13-20(23-2-1-3-28(35-23)41-15-19-5-7-26(42-19)29(33)37)22(32)10-17(21)12-27-34-24-6-4-16(30(38)39)11-25(24)36(27)14-18-8-9-40-18/h1-7,10-11,13,18H,8-9,12,14-15H2,(H2,33,37)(H,38,39). The van der Waals surface area contributed by atoms with Gasteiger partial charge in [-0.25, -0.2) is 23.5 Å². The highest BCUT2D eigenvalue weighted by Crippen LogP contribution is 2.29. The largest absolute Gasteiger partial charge is 0.478 e. The molecule has 1 unspecified atom stereocenters. The predicted molar refractivity (Wildman–Crippen MR) is 151 cm³/mol. The van der Waals surface area contributed by atoms with Crippen molar-refractivity contribution in [3.8, 4) is 17.1 Å². The lowest BCUT2D eigenvalue weighted by Gasteiger charge is -2.27. The number of fused-ring (bicyclic) bond motifs is 1. The van der Waals surface area contributed by atoms with Gasteiger partial charge in [0.25, 0.3) is 5.91 Å². The zero-order chi connectivity index (χ0) is 29.4. The number of rotatable bonds is 10. The number of hydrogen-bond donors (Lipinski definition) is 2. The van der Waals surface area contributed by atoms with Gasteiger partial charge in [-0.15, -0.1) is 11.3 Å². The molecule has 4 heterocycles. The van der Waals surface area contributed by atoms with Gasteiger partial charge in [0.1, 0.15) is 24.1 Å². The van der Waals surface area contributed by atoms with Crippen LogP contribution in [0, 0.1) is 11.6 Å². The van der Waals surface area contributed by atoms with Crippen LogP contribution in [-0.2, 0) is 24.3 Å². The number of ether oxygens (including phenoxy) is 2. The number of nitrogens with zero attached hydrogens (tertiary/aromatic N) is 3. The number of carbonyl (C=O) groups is 2. The van der Waals surface area contributed by atoms with E-state index in [2.05, 4.69) is 9.97 Å². The summed E-state index contributed by atoms with van der Waals surface area (Å²) in [5, 5.41) is 9.45. The molecule has 1 aliphatic rings. The molecule has 3 N–H and O–H groups in total. The van der Waals surface area contributed by atoms with Crippen LogP contribution in [0.2, 0.25) is 0 Å². The first kappa shape index (κ1) is 27.5. The zero-order valence-corrected chi connectivity index (χ0v) is 22.9. The van der Waals surface area contributed by atoms with Gasteiger partial charge in [0, 0.05) is 29.5 Å². The molecule has 1 atom stereocenters. The van der Waals surface area contributed by atoms with E-state index in [1.807, 2.05) is 4.57 Å². The summed E-state index contributed by atoms with van der Waals surface area (Å²) < 4.78 is 43.9. The topological polar surface area (TPSA) is 130 Å². The minimum atomic E-state index is -1.07. The lowest BCUT2D eigenvalue weighted by Crippen LogP contribution is -2.31. The molecule has 0 aliphatic carbocycles. The molecule has 0 spiro atoms. The molecule has 0 saturated carbocycles. The summed E-state index contributed by atoms with van der Waals surface area (Å²) >= 11 is 1.20. The van der Waals surface area contributed by atoms with Gasteiger partial charge in [0.05, 0.1) is 39.8 Å². The first-order valence-electron chi connectivity index (χ1n) is 13.1. The Labute approximate surface area is 242 Å². The number of nitrogens with two attached hydrogens (primary N) is 1. The summed E-state index contributed by atoms with van der Waals surface area (Å²) in [7, 11) is 0. The molecule has 12 heteroatoms. The van der Waals surface area contributed by atoms with Crippen molar-refractivity contribution in [3.05, 3.63) is 99.0 Å². The van der Waals surface area contributed by atoms with E-state index in [4.69, 9.17) is 15.2 Å². The van der Waals surface area contributed by atoms with Gasteiger partial charge >= 0.3 is 5.97 Å². The molecule has 1 aliphatic heterocycles. The summed E-state index contributed by atoms with van der Waals surface area (Å²) in [5.41, 5.74) is 6.80. The van der Waals surface area contributed by atoms with Crippen LogP contribution in [0.3, 0.4) is 0 Å². The van der Waals surface area contributed by atoms with Crippen molar-refractivity contribution in [2.75, 3.05) is 6.61 Å². The van der Waals surface area contributed by atoms with Crippen molar-refractivity contribution < 1.29 is 33.0 Å². The summed E-state index contributed by atoms with van der Waals surface area (Å²) in [6.45, 7) is 1.19. The Kier molecular flexibility index (Phi) is 7.40. The predicted octanol–water partition coefficient (Wildman–Crippen LogP) is 5.19. The van der Waals surface area contributed by atoms with Gasteiger partial charge in [-0.3, -0.25) is 4.79 Å². The fourth-order valence-corrected chi connectivity index (χ4v) is 5.52. The number of hydrogen-bond acceptors (Lipinski definition) is 7. The van der Waals surface area contributed by atoms with E-state index in [-0.39, 0.29) is 47.4 Å². The van der Waals surface area contributed by atoms with Crippen molar-refractivity contribution >= 4 is 34.2 Å². The van der Waals surface area contributed by atoms with Gasteiger partial charge in [-0.1, -0.05) is 6.07 Å². The number of carbonyl (C=O) groups excluding carboxylic acids is 1. The minimum absolute atomic E-state index is 0.0163. The number of primary amides is 1. The highest BCUT2D eigenvalue weighted by atomic mass is 32.1. The number of thiophene rings is 1. The minimum Gasteiger partial charge on any atom is -0.478 e. The van der Waals surface area contributed by atoms with E-state index in [9.17, 15) is 14.7 Å². The molecular weight excluding hydrogens is 566 g/mol. The van der Waals surface area contributed by atoms with Gasteiger partial charge in [0.15, 0.2) is 0 Å². The van der Waals surface area contributed by atoms with Gasteiger partial charge in [0.2, 0.25) is 5.88 Å². The van der Waals surface area contributed by atoms with Crippen LogP contribution >= 0.6 is 11.3 Å². The number of carboxylic acid groups (broad SMARTS) is 1. The van der Waals surface area contributed by atoms with Gasteiger partial charge < -0.3 is 24.9 Å². The molecule has 1 amide bonds. The second kappa shape index (κ2) is 11.3. The van der Waals surface area contributed by atoms with Gasteiger partial charge in [-0.2, -0.15) is 0 Å². The molecule has 1 saturated heterocycles. The van der Waals surface area contributed by atoms with Crippen LogP contribution in [0.1, 0.15) is 42.7 Å². The number of pyridine rings is 1. The van der Waals surface area contributed by atoms with E-state index >= 15 is 8.78 Å². The van der Waals surface area contributed by atoms with Crippen LogP contribution in [0.15, 0.2) is 60.7 Å². The molecule has 1 fully saturated rings. The Morgan fingerprint density at radius 1 is 1.10 bits per heavy atom. The van der Waals surface area contributed by atoms with Crippen molar-refractivity contribution in [3.63, 3.8) is 0 Å².